The van der Waals surface area contributed by atoms with Crippen molar-refractivity contribution in [3.8, 4) is 0 Å². The van der Waals surface area contributed by atoms with Gasteiger partial charge in [-0.1, -0.05) is 29.8 Å². The van der Waals surface area contributed by atoms with Gasteiger partial charge in [0.2, 0.25) is 5.91 Å². The Bertz CT molecular complexity index is 520. The van der Waals surface area contributed by atoms with E-state index in [0.29, 0.717) is 18.4 Å². The van der Waals surface area contributed by atoms with Gasteiger partial charge >= 0.3 is 5.97 Å². The maximum atomic E-state index is 13.1. The molecule has 1 rings (SSSR count). The van der Waals surface area contributed by atoms with Crippen LogP contribution in [0.5, 0.6) is 0 Å². The molecule has 0 heterocycles. The van der Waals surface area contributed by atoms with Crippen LogP contribution in [0.2, 0.25) is 0 Å². The van der Waals surface area contributed by atoms with E-state index in [0.717, 1.165) is 4.47 Å². The molecule has 0 unspecified atom stereocenters. The number of carbonyl (C=O) groups excluding carboxylic acids is 1. The minimum Gasteiger partial charge on any atom is -0.480 e. The number of carboxylic acids is 1. The first kappa shape index (κ1) is 17.6. The molecule has 0 fully saturated rings. The van der Waals surface area contributed by atoms with Crippen LogP contribution < -0.4 is 5.32 Å². The summed E-state index contributed by atoms with van der Waals surface area (Å²) in [7, 11) is 0. The van der Waals surface area contributed by atoms with Crippen LogP contribution in [-0.4, -0.2) is 23.0 Å². The highest BCUT2D eigenvalue weighted by Gasteiger charge is 2.20. The SMILES string of the molecule is CC(C)C[C@@H](NC(=O)CCc1cc(F)ccc1Br)C(=O)O. The van der Waals surface area contributed by atoms with E-state index in [-0.39, 0.29) is 24.1 Å². The van der Waals surface area contributed by atoms with E-state index >= 15 is 0 Å². The largest absolute Gasteiger partial charge is 0.480 e. The number of amides is 1. The molecule has 0 saturated carbocycles. The number of halogens is 2. The van der Waals surface area contributed by atoms with Gasteiger partial charge < -0.3 is 10.4 Å². The highest BCUT2D eigenvalue weighted by Crippen LogP contribution is 2.19. The highest BCUT2D eigenvalue weighted by molar-refractivity contribution is 9.10. The van der Waals surface area contributed by atoms with Crippen LogP contribution in [0.25, 0.3) is 0 Å². The Labute approximate surface area is 131 Å². The third kappa shape index (κ3) is 6.25. The van der Waals surface area contributed by atoms with Crippen LogP contribution in [0.15, 0.2) is 22.7 Å². The quantitative estimate of drug-likeness (QED) is 0.785. The second-order valence-electron chi connectivity index (χ2n) is 5.32. The summed E-state index contributed by atoms with van der Waals surface area (Å²) in [5, 5.41) is 11.6. The molecule has 0 spiro atoms. The molecule has 4 nitrogen and oxygen atoms in total. The molecule has 1 amide bonds. The number of aliphatic carboxylic acids is 1. The molecular weight excluding hydrogens is 341 g/mol. The highest BCUT2D eigenvalue weighted by atomic mass is 79.9. The van der Waals surface area contributed by atoms with Gasteiger partial charge in [-0.25, -0.2) is 9.18 Å². The van der Waals surface area contributed by atoms with Gasteiger partial charge in [0.05, 0.1) is 0 Å². The predicted octanol–water partition coefficient (Wildman–Crippen LogP) is 3.14. The molecule has 0 bridgehead atoms. The number of aryl methyl sites for hydroxylation is 1. The van der Waals surface area contributed by atoms with Crippen molar-refractivity contribution >= 4 is 27.8 Å². The fraction of sp³-hybridized carbons (Fsp3) is 0.467. The Balaban J connectivity index is 2.56. The molecule has 0 aliphatic carbocycles. The Kier molecular flexibility index (Phi) is 6.81. The summed E-state index contributed by atoms with van der Waals surface area (Å²) in [5.74, 6) is -1.58. The molecule has 1 aromatic carbocycles. The van der Waals surface area contributed by atoms with Crippen LogP contribution in [0.3, 0.4) is 0 Å². The molecule has 6 heteroatoms. The second-order valence-corrected chi connectivity index (χ2v) is 6.18. The van der Waals surface area contributed by atoms with E-state index in [1.54, 1.807) is 6.07 Å². The topological polar surface area (TPSA) is 66.4 Å². The number of hydrogen-bond donors (Lipinski definition) is 2. The van der Waals surface area contributed by atoms with Crippen molar-refractivity contribution in [3.63, 3.8) is 0 Å². The number of carbonyl (C=O) groups is 2. The van der Waals surface area contributed by atoms with Gasteiger partial charge in [-0.3, -0.25) is 4.79 Å². The maximum Gasteiger partial charge on any atom is 0.326 e. The number of nitrogens with one attached hydrogen (secondary N) is 1. The first-order valence-electron chi connectivity index (χ1n) is 6.75. The summed E-state index contributed by atoms with van der Waals surface area (Å²) < 4.78 is 13.9. The monoisotopic (exact) mass is 359 g/mol. The van der Waals surface area contributed by atoms with Gasteiger partial charge in [-0.05, 0) is 42.5 Å². The van der Waals surface area contributed by atoms with Crippen LogP contribution >= 0.6 is 15.9 Å². The molecule has 1 atom stereocenters. The molecule has 1 aromatic rings. The van der Waals surface area contributed by atoms with E-state index in [9.17, 15) is 14.0 Å². The molecular formula is C15H19BrFNO3. The van der Waals surface area contributed by atoms with Gasteiger partial charge in [0.15, 0.2) is 0 Å². The zero-order chi connectivity index (χ0) is 16.0. The normalized spacial score (nSPS) is 12.2. The van der Waals surface area contributed by atoms with E-state index in [1.165, 1.54) is 12.1 Å². The Morgan fingerprint density at radius 3 is 2.62 bits per heavy atom. The fourth-order valence-corrected chi connectivity index (χ4v) is 2.39. The van der Waals surface area contributed by atoms with E-state index < -0.39 is 12.0 Å². The van der Waals surface area contributed by atoms with Gasteiger partial charge in [0.25, 0.3) is 0 Å². The van der Waals surface area contributed by atoms with E-state index in [2.05, 4.69) is 21.2 Å². The third-order valence-corrected chi connectivity index (χ3v) is 3.74. The van der Waals surface area contributed by atoms with Crippen LogP contribution in [0.4, 0.5) is 4.39 Å². The van der Waals surface area contributed by atoms with E-state index in [1.807, 2.05) is 13.8 Å². The molecule has 0 saturated heterocycles. The first-order valence-corrected chi connectivity index (χ1v) is 7.55. The predicted molar refractivity (Wildman–Crippen MR) is 81.4 cm³/mol. The fourth-order valence-electron chi connectivity index (χ4n) is 1.94. The molecule has 0 radical (unpaired) electrons. The lowest BCUT2D eigenvalue weighted by Gasteiger charge is -2.16. The minimum absolute atomic E-state index is 0.115. The summed E-state index contributed by atoms with van der Waals surface area (Å²) in [5.41, 5.74) is 0.681. The molecule has 116 valence electrons. The molecule has 0 aliphatic rings. The average Bonchev–Trinajstić information content (AvgIpc) is 2.38. The van der Waals surface area contributed by atoms with Crippen molar-refractivity contribution < 1.29 is 19.1 Å². The van der Waals surface area contributed by atoms with E-state index in [4.69, 9.17) is 5.11 Å². The number of carboxylic acid groups (broad SMARTS) is 1. The van der Waals surface area contributed by atoms with Crippen LogP contribution in [-0.2, 0) is 16.0 Å². The minimum atomic E-state index is -1.04. The number of rotatable bonds is 7. The number of benzene rings is 1. The maximum absolute atomic E-state index is 13.1. The Morgan fingerprint density at radius 1 is 1.38 bits per heavy atom. The third-order valence-electron chi connectivity index (χ3n) is 2.97. The summed E-state index contributed by atoms with van der Waals surface area (Å²) in [4.78, 5) is 22.9. The molecule has 0 aromatic heterocycles. The van der Waals surface area contributed by atoms with Crippen molar-refractivity contribution in [2.45, 2.75) is 39.2 Å². The lowest BCUT2D eigenvalue weighted by Crippen LogP contribution is -2.41. The first-order chi connectivity index (χ1) is 9.79. The Morgan fingerprint density at radius 2 is 2.05 bits per heavy atom. The van der Waals surface area contributed by atoms with Crippen molar-refractivity contribution in [3.05, 3.63) is 34.1 Å². The lowest BCUT2D eigenvalue weighted by molar-refractivity contribution is -0.142. The summed E-state index contributed by atoms with van der Waals surface area (Å²) in [6.07, 6.45) is 0.840. The summed E-state index contributed by atoms with van der Waals surface area (Å²) in [6.45, 7) is 3.79. The molecule has 2 N–H and O–H groups in total. The molecule has 0 aliphatic heterocycles. The average molecular weight is 360 g/mol. The van der Waals surface area contributed by atoms with Crippen molar-refractivity contribution in [1.82, 2.24) is 5.32 Å². The zero-order valence-electron chi connectivity index (χ0n) is 12.0. The smallest absolute Gasteiger partial charge is 0.326 e. The van der Waals surface area contributed by atoms with Gasteiger partial charge in [-0.2, -0.15) is 0 Å². The number of hydrogen-bond acceptors (Lipinski definition) is 2. The van der Waals surface area contributed by atoms with Crippen molar-refractivity contribution in [2.24, 2.45) is 5.92 Å². The standard InChI is InChI=1S/C15H19BrFNO3/c1-9(2)7-13(15(20)21)18-14(19)6-3-10-8-11(17)4-5-12(10)16/h4-5,8-9,13H,3,6-7H2,1-2H3,(H,18,19)(H,20,21)/t13-/m1/s1. The van der Waals surface area contributed by atoms with Crippen LogP contribution in [0, 0.1) is 11.7 Å². The molecule has 21 heavy (non-hydrogen) atoms. The van der Waals surface area contributed by atoms with Crippen molar-refractivity contribution in [1.29, 1.82) is 0 Å². The van der Waals surface area contributed by atoms with Gasteiger partial charge in [0.1, 0.15) is 11.9 Å². The van der Waals surface area contributed by atoms with Crippen molar-refractivity contribution in [2.75, 3.05) is 0 Å². The van der Waals surface area contributed by atoms with Gasteiger partial charge in [-0.15, -0.1) is 0 Å². The van der Waals surface area contributed by atoms with Gasteiger partial charge in [0, 0.05) is 10.9 Å². The Hall–Kier alpha value is -1.43. The zero-order valence-corrected chi connectivity index (χ0v) is 13.6. The van der Waals surface area contributed by atoms with Crippen LogP contribution in [0.1, 0.15) is 32.3 Å². The summed E-state index contributed by atoms with van der Waals surface area (Å²) in [6, 6.07) is 3.40. The second kappa shape index (κ2) is 8.12. The lowest BCUT2D eigenvalue weighted by atomic mass is 10.0. The summed E-state index contributed by atoms with van der Waals surface area (Å²) >= 11 is 3.29.